The lowest BCUT2D eigenvalue weighted by atomic mass is 9.94. The van der Waals surface area contributed by atoms with Gasteiger partial charge in [0.25, 0.3) is 0 Å². The average Bonchev–Trinajstić information content (AvgIpc) is 2.78. The number of morpholine rings is 1. The zero-order valence-corrected chi connectivity index (χ0v) is 14.0. The lowest BCUT2D eigenvalue weighted by molar-refractivity contribution is 0.0435. The molecule has 1 fully saturated rings. The number of hydrogen-bond donors (Lipinski definition) is 0. The van der Waals surface area contributed by atoms with Gasteiger partial charge in [-0.15, -0.1) is 11.8 Å². The quantitative estimate of drug-likeness (QED) is 0.827. The molecule has 2 aromatic carbocycles. The molecule has 0 amide bonds. The van der Waals surface area contributed by atoms with Gasteiger partial charge in [0.2, 0.25) is 0 Å². The fraction of sp³-hybridized carbons (Fsp3) is 0.300. The molecule has 0 aliphatic carbocycles. The van der Waals surface area contributed by atoms with Crippen LogP contribution in [0, 0.1) is 0 Å². The summed E-state index contributed by atoms with van der Waals surface area (Å²) in [5.41, 5.74) is 5.57. The van der Waals surface area contributed by atoms with E-state index in [2.05, 4.69) is 59.5 Å². The Labute approximate surface area is 142 Å². The van der Waals surface area contributed by atoms with E-state index in [0.717, 1.165) is 38.6 Å². The van der Waals surface area contributed by atoms with Gasteiger partial charge in [0, 0.05) is 30.3 Å². The molecule has 2 nitrogen and oxygen atoms in total. The normalized spacial score (nSPS) is 19.9. The zero-order chi connectivity index (χ0) is 15.5. The van der Waals surface area contributed by atoms with Crippen LogP contribution in [-0.2, 0) is 10.5 Å². The Balaban J connectivity index is 1.73. The third-order valence-electron chi connectivity index (χ3n) is 4.53. The molecule has 2 heterocycles. The Morgan fingerprint density at radius 3 is 2.57 bits per heavy atom. The molecule has 1 saturated heterocycles. The summed E-state index contributed by atoms with van der Waals surface area (Å²) in [6, 6.07) is 17.6. The Kier molecular flexibility index (Phi) is 4.51. The molecule has 2 aromatic rings. The van der Waals surface area contributed by atoms with E-state index in [0.29, 0.717) is 0 Å². The van der Waals surface area contributed by atoms with Gasteiger partial charge in [-0.05, 0) is 28.3 Å². The van der Waals surface area contributed by atoms with Crippen LogP contribution in [0.15, 0.2) is 59.5 Å². The summed E-state index contributed by atoms with van der Waals surface area (Å²) in [7, 11) is 0. The smallest absolute Gasteiger partial charge is 0.0594 e. The summed E-state index contributed by atoms with van der Waals surface area (Å²) in [4.78, 5) is 3.86. The molecule has 0 N–H and O–H groups in total. The molecule has 2 aliphatic heterocycles. The van der Waals surface area contributed by atoms with Crippen molar-refractivity contribution in [2.24, 2.45) is 0 Å². The molecule has 2 aliphatic rings. The minimum atomic E-state index is 0.853. The van der Waals surface area contributed by atoms with Crippen LogP contribution in [0.4, 0.5) is 0 Å². The number of nitrogens with zero attached hydrogens (tertiary/aromatic N) is 1. The Hall–Kier alpha value is -1.55. The van der Waals surface area contributed by atoms with Crippen molar-refractivity contribution >= 4 is 17.3 Å². The third-order valence-corrected chi connectivity index (χ3v) is 5.65. The molecule has 23 heavy (non-hydrogen) atoms. The summed E-state index contributed by atoms with van der Waals surface area (Å²) in [6.07, 6.45) is 2.41. The molecule has 0 spiro atoms. The van der Waals surface area contributed by atoms with E-state index in [1.165, 1.54) is 27.2 Å². The van der Waals surface area contributed by atoms with Crippen LogP contribution in [0.5, 0.6) is 0 Å². The van der Waals surface area contributed by atoms with E-state index >= 15 is 0 Å². The molecule has 3 heteroatoms. The van der Waals surface area contributed by atoms with Crippen molar-refractivity contribution in [3.8, 4) is 0 Å². The van der Waals surface area contributed by atoms with Crippen molar-refractivity contribution in [2.75, 3.05) is 32.8 Å². The third kappa shape index (κ3) is 3.23. The second kappa shape index (κ2) is 6.91. The second-order valence-electron chi connectivity index (χ2n) is 5.97. The highest BCUT2D eigenvalue weighted by molar-refractivity contribution is 7.98. The van der Waals surface area contributed by atoms with Gasteiger partial charge >= 0.3 is 0 Å². The van der Waals surface area contributed by atoms with Crippen molar-refractivity contribution in [3.05, 3.63) is 71.3 Å². The first-order chi connectivity index (χ1) is 11.4. The molecule has 4 rings (SSSR count). The molecule has 0 aromatic heterocycles. The number of hydrogen-bond acceptors (Lipinski definition) is 3. The van der Waals surface area contributed by atoms with Crippen LogP contribution >= 0.6 is 11.8 Å². The highest BCUT2D eigenvalue weighted by atomic mass is 32.2. The lowest BCUT2D eigenvalue weighted by Gasteiger charge is -2.25. The summed E-state index contributed by atoms with van der Waals surface area (Å²) in [5, 5.41) is 0. The topological polar surface area (TPSA) is 12.5 Å². The van der Waals surface area contributed by atoms with Gasteiger partial charge in [0.05, 0.1) is 13.2 Å². The van der Waals surface area contributed by atoms with Crippen LogP contribution in [-0.4, -0.2) is 37.7 Å². The van der Waals surface area contributed by atoms with E-state index in [4.69, 9.17) is 4.74 Å². The van der Waals surface area contributed by atoms with Crippen molar-refractivity contribution in [2.45, 2.75) is 10.6 Å². The maximum absolute atomic E-state index is 5.46. The van der Waals surface area contributed by atoms with Gasteiger partial charge in [-0.3, -0.25) is 4.90 Å². The SMILES string of the molecule is C(/CN1CCOCC1)=C1/c2ccccc2CSc2ccccc21. The largest absolute Gasteiger partial charge is 0.379 e. The minimum absolute atomic E-state index is 0.853. The summed E-state index contributed by atoms with van der Waals surface area (Å²) < 4.78 is 5.46. The highest BCUT2D eigenvalue weighted by Crippen LogP contribution is 2.39. The molecule has 0 bridgehead atoms. The molecular weight excluding hydrogens is 302 g/mol. The summed E-state index contributed by atoms with van der Waals surface area (Å²) >= 11 is 1.94. The fourth-order valence-corrected chi connectivity index (χ4v) is 4.32. The van der Waals surface area contributed by atoms with E-state index in [1.54, 1.807) is 0 Å². The molecule has 0 unspecified atom stereocenters. The molecule has 0 saturated carbocycles. The van der Waals surface area contributed by atoms with E-state index in [1.807, 2.05) is 11.8 Å². The van der Waals surface area contributed by atoms with Gasteiger partial charge in [-0.1, -0.05) is 48.5 Å². The summed E-state index contributed by atoms with van der Waals surface area (Å²) in [6.45, 7) is 4.76. The van der Waals surface area contributed by atoms with Gasteiger partial charge < -0.3 is 4.74 Å². The Bertz CT molecular complexity index is 670. The predicted octanol–water partition coefficient (Wildman–Crippen LogP) is 4.06. The first-order valence-corrected chi connectivity index (χ1v) is 9.21. The first kappa shape index (κ1) is 15.0. The number of thioether (sulfide) groups is 1. The number of fused-ring (bicyclic) bond motifs is 2. The highest BCUT2D eigenvalue weighted by Gasteiger charge is 2.18. The van der Waals surface area contributed by atoms with Crippen LogP contribution < -0.4 is 0 Å². The van der Waals surface area contributed by atoms with E-state index in [-0.39, 0.29) is 0 Å². The van der Waals surface area contributed by atoms with Crippen LogP contribution in [0.25, 0.3) is 5.57 Å². The monoisotopic (exact) mass is 323 g/mol. The van der Waals surface area contributed by atoms with Crippen LogP contribution in [0.1, 0.15) is 16.7 Å². The Morgan fingerprint density at radius 2 is 1.70 bits per heavy atom. The first-order valence-electron chi connectivity index (χ1n) is 8.22. The maximum atomic E-state index is 5.46. The predicted molar refractivity (Wildman–Crippen MR) is 96.8 cm³/mol. The Morgan fingerprint density at radius 1 is 0.957 bits per heavy atom. The van der Waals surface area contributed by atoms with Gasteiger partial charge in [0.1, 0.15) is 0 Å². The zero-order valence-electron chi connectivity index (χ0n) is 13.2. The van der Waals surface area contributed by atoms with Gasteiger partial charge in [-0.2, -0.15) is 0 Å². The van der Waals surface area contributed by atoms with Crippen LogP contribution in [0.3, 0.4) is 0 Å². The van der Waals surface area contributed by atoms with E-state index in [9.17, 15) is 0 Å². The second-order valence-corrected chi connectivity index (χ2v) is 6.99. The number of benzene rings is 2. The van der Waals surface area contributed by atoms with Crippen molar-refractivity contribution in [1.29, 1.82) is 0 Å². The standard InChI is InChI=1S/C20H21NOS/c1-2-6-17-16(5-1)15-23-20-8-4-3-7-19(20)18(17)9-10-21-11-13-22-14-12-21/h1-9H,10-15H2/b18-9+. The molecule has 0 radical (unpaired) electrons. The number of rotatable bonds is 2. The molecular formula is C20H21NOS. The van der Waals surface area contributed by atoms with Crippen molar-refractivity contribution in [1.82, 2.24) is 4.90 Å². The average molecular weight is 323 g/mol. The summed E-state index contributed by atoms with van der Waals surface area (Å²) in [5.74, 6) is 1.04. The number of ether oxygens (including phenoxy) is 1. The maximum Gasteiger partial charge on any atom is 0.0594 e. The molecule has 0 atom stereocenters. The van der Waals surface area contributed by atoms with Crippen molar-refractivity contribution in [3.63, 3.8) is 0 Å². The van der Waals surface area contributed by atoms with Crippen LogP contribution in [0.2, 0.25) is 0 Å². The fourth-order valence-electron chi connectivity index (χ4n) is 3.25. The van der Waals surface area contributed by atoms with Gasteiger partial charge in [-0.25, -0.2) is 0 Å². The lowest BCUT2D eigenvalue weighted by Crippen LogP contribution is -2.36. The minimum Gasteiger partial charge on any atom is -0.379 e. The van der Waals surface area contributed by atoms with E-state index < -0.39 is 0 Å². The van der Waals surface area contributed by atoms with Crippen molar-refractivity contribution < 1.29 is 4.74 Å². The van der Waals surface area contributed by atoms with Gasteiger partial charge in [0.15, 0.2) is 0 Å². The molecule has 118 valence electrons.